The van der Waals surface area contributed by atoms with E-state index in [1.165, 1.54) is 17.8 Å². The second kappa shape index (κ2) is 6.90. The highest BCUT2D eigenvalue weighted by atomic mass is 32.2. The largest absolute Gasteiger partial charge is 0.300 e. The molecule has 0 bridgehead atoms. The van der Waals surface area contributed by atoms with Crippen molar-refractivity contribution in [2.24, 2.45) is 4.99 Å². The van der Waals surface area contributed by atoms with Gasteiger partial charge in [-0.1, -0.05) is 24.3 Å². The summed E-state index contributed by atoms with van der Waals surface area (Å²) >= 11 is 1.21. The van der Waals surface area contributed by atoms with Gasteiger partial charge in [0.25, 0.3) is 11.6 Å². The molecule has 1 N–H and O–H groups in total. The molecule has 1 heterocycles. The highest BCUT2D eigenvalue weighted by Crippen LogP contribution is 2.29. The van der Waals surface area contributed by atoms with Crippen LogP contribution in [0.1, 0.15) is 16.7 Å². The van der Waals surface area contributed by atoms with Gasteiger partial charge in [-0.2, -0.15) is 0 Å². The molecule has 0 spiro atoms. The van der Waals surface area contributed by atoms with Crippen molar-refractivity contribution in [2.75, 3.05) is 0 Å². The number of nitro benzene ring substituents is 1. The fourth-order valence-corrected chi connectivity index (χ4v) is 3.20. The highest BCUT2D eigenvalue weighted by molar-refractivity contribution is 8.18. The van der Waals surface area contributed by atoms with E-state index in [0.29, 0.717) is 21.2 Å². The van der Waals surface area contributed by atoms with E-state index in [2.05, 4.69) is 10.3 Å². The first kappa shape index (κ1) is 16.9. The van der Waals surface area contributed by atoms with Crippen LogP contribution in [0.2, 0.25) is 0 Å². The molecule has 3 rings (SSSR count). The van der Waals surface area contributed by atoms with Crippen LogP contribution in [0.15, 0.2) is 52.4 Å². The lowest BCUT2D eigenvalue weighted by Gasteiger charge is -1.99. The lowest BCUT2D eigenvalue weighted by atomic mass is 10.1. The average Bonchev–Trinajstić information content (AvgIpc) is 2.88. The van der Waals surface area contributed by atoms with Gasteiger partial charge >= 0.3 is 0 Å². The van der Waals surface area contributed by atoms with Crippen LogP contribution in [0.3, 0.4) is 0 Å². The average molecular weight is 353 g/mol. The van der Waals surface area contributed by atoms with E-state index >= 15 is 0 Å². The normalized spacial score (nSPS) is 17.1. The number of aliphatic imine (C=N–C) groups is 1. The van der Waals surface area contributed by atoms with Crippen LogP contribution in [0.4, 0.5) is 11.4 Å². The third-order valence-corrected chi connectivity index (χ3v) is 4.52. The van der Waals surface area contributed by atoms with Gasteiger partial charge in [-0.25, -0.2) is 4.99 Å². The van der Waals surface area contributed by atoms with Crippen molar-refractivity contribution in [3.05, 3.63) is 74.2 Å². The first-order valence-corrected chi connectivity index (χ1v) is 8.35. The zero-order valence-electron chi connectivity index (χ0n) is 13.6. The molecule has 0 atom stereocenters. The van der Waals surface area contributed by atoms with Gasteiger partial charge in [0.2, 0.25) is 0 Å². The number of carbonyl (C=O) groups excluding carboxylic acids is 1. The van der Waals surface area contributed by atoms with Crippen molar-refractivity contribution in [2.45, 2.75) is 13.8 Å². The lowest BCUT2D eigenvalue weighted by molar-refractivity contribution is -0.385. The molecule has 2 aromatic rings. The molecule has 0 aliphatic carbocycles. The monoisotopic (exact) mass is 353 g/mol. The molecule has 1 aliphatic heterocycles. The Bertz CT molecular complexity index is 935. The molecule has 1 amide bonds. The highest BCUT2D eigenvalue weighted by Gasteiger charge is 2.24. The predicted octanol–water partition coefficient (Wildman–Crippen LogP) is 4.10. The predicted molar refractivity (Wildman–Crippen MR) is 99.8 cm³/mol. The number of aryl methyl sites for hydroxylation is 2. The van der Waals surface area contributed by atoms with Gasteiger partial charge in [-0.15, -0.1) is 0 Å². The zero-order chi connectivity index (χ0) is 18.0. The van der Waals surface area contributed by atoms with Gasteiger partial charge in [0.15, 0.2) is 5.17 Å². The number of nitrogens with zero attached hydrogens (tertiary/aromatic N) is 2. The Morgan fingerprint density at radius 2 is 2.00 bits per heavy atom. The quantitative estimate of drug-likeness (QED) is 0.511. The maximum Gasteiger partial charge on any atom is 0.272 e. The number of amides is 1. The molecule has 126 valence electrons. The molecule has 0 saturated carbocycles. The van der Waals surface area contributed by atoms with Crippen molar-refractivity contribution in [3.63, 3.8) is 0 Å². The summed E-state index contributed by atoms with van der Waals surface area (Å²) in [7, 11) is 0. The number of carbonyl (C=O) groups is 1. The van der Waals surface area contributed by atoms with Gasteiger partial charge in [0, 0.05) is 11.6 Å². The second-order valence-corrected chi connectivity index (χ2v) is 6.65. The van der Waals surface area contributed by atoms with Crippen molar-refractivity contribution in [3.8, 4) is 0 Å². The van der Waals surface area contributed by atoms with Gasteiger partial charge in [0.1, 0.15) is 0 Å². The number of hydrogen-bond acceptors (Lipinski definition) is 5. The molecule has 25 heavy (non-hydrogen) atoms. The second-order valence-electron chi connectivity index (χ2n) is 5.62. The molecular formula is C18H15N3O3S. The molecule has 1 aliphatic rings. The fourth-order valence-electron chi connectivity index (χ4n) is 2.36. The Morgan fingerprint density at radius 3 is 2.72 bits per heavy atom. The Kier molecular flexibility index (Phi) is 4.67. The Hall–Kier alpha value is -2.93. The standard InChI is InChI=1S/C18H15N3O3S/c1-11-4-3-5-14(8-11)19-18-20-17(22)16(25-18)10-13-7-6-12(2)15(9-13)21(23)24/h3-10H,1-2H3,(H,19,20,22). The maximum atomic E-state index is 12.1. The summed E-state index contributed by atoms with van der Waals surface area (Å²) in [6, 6.07) is 12.5. The number of nitro groups is 1. The third-order valence-electron chi connectivity index (χ3n) is 3.61. The van der Waals surface area contributed by atoms with Gasteiger partial charge < -0.3 is 5.32 Å². The van der Waals surface area contributed by atoms with E-state index in [4.69, 9.17) is 0 Å². The maximum absolute atomic E-state index is 12.1. The molecule has 1 saturated heterocycles. The molecule has 0 aromatic heterocycles. The van der Waals surface area contributed by atoms with Gasteiger partial charge in [-0.05, 0) is 54.9 Å². The first-order chi connectivity index (χ1) is 11.9. The van der Waals surface area contributed by atoms with Crippen LogP contribution < -0.4 is 5.32 Å². The zero-order valence-corrected chi connectivity index (χ0v) is 14.5. The van der Waals surface area contributed by atoms with Crippen LogP contribution in [0.25, 0.3) is 6.08 Å². The number of benzene rings is 2. The van der Waals surface area contributed by atoms with E-state index in [0.717, 1.165) is 11.3 Å². The summed E-state index contributed by atoms with van der Waals surface area (Å²) in [5.74, 6) is -0.264. The third kappa shape index (κ3) is 3.95. The van der Waals surface area contributed by atoms with E-state index in [1.54, 1.807) is 25.1 Å². The number of rotatable bonds is 3. The van der Waals surface area contributed by atoms with Crippen molar-refractivity contribution in [1.82, 2.24) is 5.32 Å². The minimum Gasteiger partial charge on any atom is -0.300 e. The smallest absolute Gasteiger partial charge is 0.272 e. The molecule has 1 fully saturated rings. The molecule has 0 unspecified atom stereocenters. The van der Waals surface area contributed by atoms with Crippen LogP contribution >= 0.6 is 11.8 Å². The summed E-state index contributed by atoms with van der Waals surface area (Å²) in [6.45, 7) is 3.65. The van der Waals surface area contributed by atoms with Gasteiger partial charge in [-0.3, -0.25) is 14.9 Å². The number of amidine groups is 1. The number of hydrogen-bond donors (Lipinski definition) is 1. The molecule has 7 heteroatoms. The minimum atomic E-state index is -0.427. The van der Waals surface area contributed by atoms with E-state index in [9.17, 15) is 14.9 Å². The fraction of sp³-hybridized carbons (Fsp3) is 0.111. The van der Waals surface area contributed by atoms with Gasteiger partial charge in [0.05, 0.1) is 15.5 Å². The van der Waals surface area contributed by atoms with Crippen LogP contribution in [-0.4, -0.2) is 16.0 Å². The summed E-state index contributed by atoms with van der Waals surface area (Å²) in [5, 5.41) is 14.2. The molecule has 0 radical (unpaired) electrons. The van der Waals surface area contributed by atoms with E-state index in [1.807, 2.05) is 31.2 Å². The van der Waals surface area contributed by atoms with Crippen molar-refractivity contribution in [1.29, 1.82) is 0 Å². The molecular weight excluding hydrogens is 338 g/mol. The minimum absolute atomic E-state index is 0.0337. The van der Waals surface area contributed by atoms with E-state index in [-0.39, 0.29) is 11.6 Å². The topological polar surface area (TPSA) is 84.6 Å². The first-order valence-electron chi connectivity index (χ1n) is 7.54. The SMILES string of the molecule is Cc1cccc(N=C2NC(=O)C(=Cc3ccc(C)c([N+](=O)[O-])c3)S2)c1. The number of nitrogens with one attached hydrogen (secondary N) is 1. The van der Waals surface area contributed by atoms with Crippen molar-refractivity contribution >= 4 is 40.3 Å². The molecule has 2 aromatic carbocycles. The van der Waals surface area contributed by atoms with Crippen LogP contribution in [0, 0.1) is 24.0 Å². The van der Waals surface area contributed by atoms with Crippen LogP contribution in [0.5, 0.6) is 0 Å². The Labute approximate surface area is 148 Å². The van der Waals surface area contributed by atoms with Crippen LogP contribution in [-0.2, 0) is 4.79 Å². The van der Waals surface area contributed by atoms with E-state index < -0.39 is 4.92 Å². The lowest BCUT2D eigenvalue weighted by Crippen LogP contribution is -2.19. The summed E-state index contributed by atoms with van der Waals surface area (Å²) < 4.78 is 0. The Balaban J connectivity index is 1.87. The summed E-state index contributed by atoms with van der Waals surface area (Å²) in [6.07, 6.45) is 1.63. The Morgan fingerprint density at radius 1 is 1.20 bits per heavy atom. The summed E-state index contributed by atoms with van der Waals surface area (Å²) in [4.78, 5) is 27.6. The molecule has 6 nitrogen and oxygen atoms in total. The number of thioether (sulfide) groups is 1. The van der Waals surface area contributed by atoms with Crippen molar-refractivity contribution < 1.29 is 9.72 Å². The summed E-state index contributed by atoms with van der Waals surface area (Å²) in [5.41, 5.74) is 3.06.